The smallest absolute Gasteiger partial charge is 0.0846 e. The summed E-state index contributed by atoms with van der Waals surface area (Å²) in [6, 6.07) is 9.66. The molecule has 0 heterocycles. The molecule has 0 fully saturated rings. The standard InChI is InChI=1S/C11H16O3/c1-14-11(7-10(13)8-12)9-5-3-2-4-6-9/h2-6,10-13H,7-8H2,1H3. The molecule has 2 unspecified atom stereocenters. The largest absolute Gasteiger partial charge is 0.394 e. The zero-order valence-corrected chi connectivity index (χ0v) is 8.26. The molecular weight excluding hydrogens is 180 g/mol. The lowest BCUT2D eigenvalue weighted by Crippen LogP contribution is -2.17. The molecule has 0 spiro atoms. The number of benzene rings is 1. The lowest BCUT2D eigenvalue weighted by molar-refractivity contribution is 0.0194. The average Bonchev–Trinajstić information content (AvgIpc) is 2.26. The Balaban J connectivity index is 2.63. The summed E-state index contributed by atoms with van der Waals surface area (Å²) < 4.78 is 5.24. The van der Waals surface area contributed by atoms with Crippen molar-refractivity contribution in [2.45, 2.75) is 18.6 Å². The van der Waals surface area contributed by atoms with Gasteiger partial charge in [0.05, 0.1) is 18.8 Å². The Morgan fingerprint density at radius 1 is 1.29 bits per heavy atom. The highest BCUT2D eigenvalue weighted by Gasteiger charge is 2.14. The first-order chi connectivity index (χ1) is 6.77. The summed E-state index contributed by atoms with van der Waals surface area (Å²) in [6.45, 7) is -0.229. The molecule has 0 aliphatic rings. The van der Waals surface area contributed by atoms with E-state index >= 15 is 0 Å². The molecule has 0 radical (unpaired) electrons. The van der Waals surface area contributed by atoms with E-state index in [2.05, 4.69) is 0 Å². The van der Waals surface area contributed by atoms with Crippen LogP contribution >= 0.6 is 0 Å². The molecule has 1 aromatic rings. The minimum atomic E-state index is -0.722. The molecule has 2 N–H and O–H groups in total. The van der Waals surface area contributed by atoms with E-state index in [0.29, 0.717) is 6.42 Å². The Bertz CT molecular complexity index is 248. The highest BCUT2D eigenvalue weighted by Crippen LogP contribution is 2.21. The van der Waals surface area contributed by atoms with E-state index in [9.17, 15) is 5.11 Å². The fraction of sp³-hybridized carbons (Fsp3) is 0.455. The third kappa shape index (κ3) is 3.10. The van der Waals surface area contributed by atoms with Crippen LogP contribution in [0.3, 0.4) is 0 Å². The van der Waals surface area contributed by atoms with Crippen molar-refractivity contribution >= 4 is 0 Å². The Morgan fingerprint density at radius 2 is 1.93 bits per heavy atom. The molecule has 3 heteroatoms. The predicted octanol–water partition coefficient (Wildman–Crippen LogP) is 1.12. The van der Waals surface area contributed by atoms with E-state index in [1.54, 1.807) is 7.11 Å². The normalized spacial score (nSPS) is 15.1. The maximum atomic E-state index is 9.29. The van der Waals surface area contributed by atoms with E-state index in [4.69, 9.17) is 9.84 Å². The molecule has 3 nitrogen and oxygen atoms in total. The zero-order valence-electron chi connectivity index (χ0n) is 8.26. The number of methoxy groups -OCH3 is 1. The van der Waals surface area contributed by atoms with Crippen LogP contribution in [-0.4, -0.2) is 30.0 Å². The number of ether oxygens (including phenoxy) is 1. The van der Waals surface area contributed by atoms with Crippen molar-refractivity contribution in [3.05, 3.63) is 35.9 Å². The minimum absolute atomic E-state index is 0.154. The summed E-state index contributed by atoms with van der Waals surface area (Å²) >= 11 is 0. The van der Waals surface area contributed by atoms with Crippen molar-refractivity contribution in [2.75, 3.05) is 13.7 Å². The fourth-order valence-corrected chi connectivity index (χ4v) is 1.36. The first kappa shape index (κ1) is 11.2. The minimum Gasteiger partial charge on any atom is -0.394 e. The van der Waals surface area contributed by atoms with Crippen LogP contribution in [0.5, 0.6) is 0 Å². The highest BCUT2D eigenvalue weighted by molar-refractivity contribution is 5.17. The molecule has 1 rings (SSSR count). The maximum absolute atomic E-state index is 9.29. The summed E-state index contributed by atoms with van der Waals surface area (Å²) in [5.41, 5.74) is 1.02. The van der Waals surface area contributed by atoms with Crippen molar-refractivity contribution in [3.63, 3.8) is 0 Å². The SMILES string of the molecule is COC(CC(O)CO)c1ccccc1. The second kappa shape index (κ2) is 5.75. The maximum Gasteiger partial charge on any atom is 0.0846 e. The van der Waals surface area contributed by atoms with E-state index < -0.39 is 6.10 Å². The van der Waals surface area contributed by atoms with Crippen LogP contribution in [0.15, 0.2) is 30.3 Å². The molecular formula is C11H16O3. The van der Waals surface area contributed by atoms with Gasteiger partial charge in [-0.2, -0.15) is 0 Å². The Kier molecular flexibility index (Phi) is 4.59. The second-order valence-corrected chi connectivity index (χ2v) is 3.21. The molecule has 14 heavy (non-hydrogen) atoms. The van der Waals surface area contributed by atoms with Crippen LogP contribution in [0.4, 0.5) is 0 Å². The van der Waals surface area contributed by atoms with Gasteiger partial charge in [0.25, 0.3) is 0 Å². The van der Waals surface area contributed by atoms with Crippen molar-refractivity contribution in [3.8, 4) is 0 Å². The van der Waals surface area contributed by atoms with Gasteiger partial charge in [-0.25, -0.2) is 0 Å². The zero-order chi connectivity index (χ0) is 10.4. The van der Waals surface area contributed by atoms with Crippen LogP contribution in [0.1, 0.15) is 18.1 Å². The first-order valence-corrected chi connectivity index (χ1v) is 4.64. The van der Waals surface area contributed by atoms with Crippen molar-refractivity contribution in [2.24, 2.45) is 0 Å². The average molecular weight is 196 g/mol. The van der Waals surface area contributed by atoms with Gasteiger partial charge in [-0.15, -0.1) is 0 Å². The third-order valence-electron chi connectivity index (χ3n) is 2.15. The van der Waals surface area contributed by atoms with E-state index in [0.717, 1.165) is 5.56 Å². The number of hydrogen-bond acceptors (Lipinski definition) is 3. The van der Waals surface area contributed by atoms with Gasteiger partial charge in [-0.1, -0.05) is 30.3 Å². The number of aliphatic hydroxyl groups excluding tert-OH is 2. The van der Waals surface area contributed by atoms with E-state index in [1.165, 1.54) is 0 Å². The van der Waals surface area contributed by atoms with Crippen LogP contribution in [0.25, 0.3) is 0 Å². The lowest BCUT2D eigenvalue weighted by Gasteiger charge is -2.18. The van der Waals surface area contributed by atoms with Crippen LogP contribution in [0, 0.1) is 0 Å². The topological polar surface area (TPSA) is 49.7 Å². The molecule has 0 aliphatic carbocycles. The van der Waals surface area contributed by atoms with E-state index in [1.807, 2.05) is 30.3 Å². The summed E-state index contributed by atoms with van der Waals surface area (Å²) in [7, 11) is 1.60. The summed E-state index contributed by atoms with van der Waals surface area (Å²) in [4.78, 5) is 0. The summed E-state index contributed by atoms with van der Waals surface area (Å²) in [5.74, 6) is 0. The molecule has 0 bridgehead atoms. The van der Waals surface area contributed by atoms with Gasteiger partial charge in [-0.05, 0) is 5.56 Å². The van der Waals surface area contributed by atoms with Gasteiger partial charge in [0, 0.05) is 13.5 Å². The van der Waals surface area contributed by atoms with Gasteiger partial charge in [0.15, 0.2) is 0 Å². The van der Waals surface area contributed by atoms with Crippen molar-refractivity contribution in [1.82, 2.24) is 0 Å². The predicted molar refractivity (Wildman–Crippen MR) is 53.9 cm³/mol. The third-order valence-corrected chi connectivity index (χ3v) is 2.15. The second-order valence-electron chi connectivity index (χ2n) is 3.21. The highest BCUT2D eigenvalue weighted by atomic mass is 16.5. The van der Waals surface area contributed by atoms with Gasteiger partial charge in [-0.3, -0.25) is 0 Å². The molecule has 0 saturated heterocycles. The first-order valence-electron chi connectivity index (χ1n) is 4.64. The van der Waals surface area contributed by atoms with Crippen LogP contribution in [0.2, 0.25) is 0 Å². The molecule has 0 amide bonds. The monoisotopic (exact) mass is 196 g/mol. The van der Waals surface area contributed by atoms with Crippen molar-refractivity contribution in [1.29, 1.82) is 0 Å². The lowest BCUT2D eigenvalue weighted by atomic mass is 10.0. The van der Waals surface area contributed by atoms with E-state index in [-0.39, 0.29) is 12.7 Å². The van der Waals surface area contributed by atoms with Gasteiger partial charge in [0.1, 0.15) is 0 Å². The van der Waals surface area contributed by atoms with Crippen LogP contribution in [-0.2, 0) is 4.74 Å². The number of hydrogen-bond donors (Lipinski definition) is 2. The van der Waals surface area contributed by atoms with Crippen LogP contribution < -0.4 is 0 Å². The molecule has 0 aliphatic heterocycles. The molecule has 78 valence electrons. The Labute approximate surface area is 84.0 Å². The molecule has 0 saturated carbocycles. The van der Waals surface area contributed by atoms with Gasteiger partial charge < -0.3 is 14.9 Å². The van der Waals surface area contributed by atoms with Crippen molar-refractivity contribution < 1.29 is 14.9 Å². The summed E-state index contributed by atoms with van der Waals surface area (Å²) in [5, 5.41) is 18.0. The summed E-state index contributed by atoms with van der Waals surface area (Å²) in [6.07, 6.45) is -0.463. The molecule has 2 atom stereocenters. The number of aliphatic hydroxyl groups is 2. The Hall–Kier alpha value is -0.900. The van der Waals surface area contributed by atoms with Gasteiger partial charge >= 0.3 is 0 Å². The molecule has 1 aromatic carbocycles. The number of rotatable bonds is 5. The molecule has 0 aromatic heterocycles. The fourth-order valence-electron chi connectivity index (χ4n) is 1.36. The quantitative estimate of drug-likeness (QED) is 0.742. The Morgan fingerprint density at radius 3 is 2.43 bits per heavy atom. The van der Waals surface area contributed by atoms with Gasteiger partial charge in [0.2, 0.25) is 0 Å².